The number of amides is 1. The molecule has 2 aromatic rings. The van der Waals surface area contributed by atoms with Gasteiger partial charge in [0.25, 0.3) is 5.91 Å². The number of carbonyl (C=O) groups excluding carboxylic acids is 2. The van der Waals surface area contributed by atoms with Crippen LogP contribution in [0.1, 0.15) is 31.8 Å². The van der Waals surface area contributed by atoms with Gasteiger partial charge in [0.2, 0.25) is 0 Å². The van der Waals surface area contributed by atoms with Gasteiger partial charge in [-0.2, -0.15) is 0 Å². The fourth-order valence-corrected chi connectivity index (χ4v) is 2.17. The number of hydrogen-bond acceptors (Lipinski definition) is 4. The zero-order chi connectivity index (χ0) is 13.1. The van der Waals surface area contributed by atoms with E-state index in [0.717, 1.165) is 5.56 Å². The largest absolute Gasteiger partial charge is 0.306 e. The molecule has 18 heavy (non-hydrogen) atoms. The third kappa shape index (κ3) is 2.81. The highest BCUT2D eigenvalue weighted by molar-refractivity contribution is 7.16. The predicted octanol–water partition coefficient (Wildman–Crippen LogP) is 2.91. The summed E-state index contributed by atoms with van der Waals surface area (Å²) in [5.41, 5.74) is 1.03. The Morgan fingerprint density at radius 3 is 2.44 bits per heavy atom. The Bertz CT molecular complexity index is 587. The molecular weight excluding hydrogens is 248 g/mol. The molecule has 2 aromatic heterocycles. The van der Waals surface area contributed by atoms with Gasteiger partial charge in [-0.3, -0.25) is 9.59 Å². The first kappa shape index (κ1) is 12.4. The second-order valence-corrected chi connectivity index (χ2v) is 4.98. The van der Waals surface area contributed by atoms with Gasteiger partial charge in [0, 0.05) is 6.20 Å². The van der Waals surface area contributed by atoms with Crippen LogP contribution in [0.2, 0.25) is 0 Å². The summed E-state index contributed by atoms with van der Waals surface area (Å²) in [6.45, 7) is 3.41. The van der Waals surface area contributed by atoms with Crippen LogP contribution < -0.4 is 5.32 Å². The summed E-state index contributed by atoms with van der Waals surface area (Å²) in [6.07, 6.45) is 1.69. The first-order chi connectivity index (χ1) is 8.56. The van der Waals surface area contributed by atoms with E-state index in [0.29, 0.717) is 15.6 Å². The van der Waals surface area contributed by atoms with Crippen LogP contribution in [0.15, 0.2) is 30.5 Å². The summed E-state index contributed by atoms with van der Waals surface area (Å²) < 4.78 is 0. The molecule has 0 atom stereocenters. The van der Waals surface area contributed by atoms with Crippen LogP contribution in [0.5, 0.6) is 0 Å². The van der Waals surface area contributed by atoms with Crippen LogP contribution in [0.4, 0.5) is 5.82 Å². The molecule has 0 aliphatic heterocycles. The summed E-state index contributed by atoms with van der Waals surface area (Å²) in [5.74, 6) is 0.222. The predicted molar refractivity (Wildman–Crippen MR) is 71.3 cm³/mol. The van der Waals surface area contributed by atoms with Crippen LogP contribution >= 0.6 is 11.3 Å². The minimum Gasteiger partial charge on any atom is -0.306 e. The van der Waals surface area contributed by atoms with E-state index in [4.69, 9.17) is 0 Å². The molecule has 0 aliphatic carbocycles. The van der Waals surface area contributed by atoms with Crippen LogP contribution in [0.25, 0.3) is 0 Å². The highest BCUT2D eigenvalue weighted by atomic mass is 32.1. The average molecular weight is 260 g/mol. The van der Waals surface area contributed by atoms with Crippen molar-refractivity contribution in [1.29, 1.82) is 0 Å². The van der Waals surface area contributed by atoms with Crippen molar-refractivity contribution in [2.45, 2.75) is 13.8 Å². The van der Waals surface area contributed by atoms with Crippen molar-refractivity contribution in [2.24, 2.45) is 0 Å². The average Bonchev–Trinajstić information content (AvgIpc) is 2.81. The number of rotatable bonds is 3. The molecule has 0 saturated heterocycles. The smallest absolute Gasteiger partial charge is 0.266 e. The highest BCUT2D eigenvalue weighted by Crippen LogP contribution is 2.18. The van der Waals surface area contributed by atoms with E-state index in [9.17, 15) is 9.59 Å². The number of aromatic nitrogens is 1. The molecule has 0 bridgehead atoms. The van der Waals surface area contributed by atoms with Gasteiger partial charge in [-0.1, -0.05) is 6.07 Å². The lowest BCUT2D eigenvalue weighted by atomic mass is 10.3. The topological polar surface area (TPSA) is 59.1 Å². The Kier molecular flexibility index (Phi) is 3.53. The lowest BCUT2D eigenvalue weighted by Crippen LogP contribution is -2.11. The summed E-state index contributed by atoms with van der Waals surface area (Å²) >= 11 is 1.18. The summed E-state index contributed by atoms with van der Waals surface area (Å²) in [6, 6.07) is 6.92. The maximum absolute atomic E-state index is 11.9. The first-order valence-corrected chi connectivity index (χ1v) is 6.22. The molecule has 5 heteroatoms. The summed E-state index contributed by atoms with van der Waals surface area (Å²) in [4.78, 5) is 28.2. The number of carbonyl (C=O) groups is 2. The minimum atomic E-state index is -0.246. The third-order valence-electron chi connectivity index (χ3n) is 2.33. The SMILES string of the molecule is CC(=O)c1ccc(C(=O)Nc2ccc(C)cn2)s1. The monoisotopic (exact) mass is 260 g/mol. The number of hydrogen-bond donors (Lipinski definition) is 1. The van der Waals surface area contributed by atoms with Crippen molar-refractivity contribution in [2.75, 3.05) is 5.32 Å². The molecule has 2 rings (SSSR count). The molecule has 2 heterocycles. The molecule has 0 saturated carbocycles. The van der Waals surface area contributed by atoms with Gasteiger partial charge in [0.1, 0.15) is 5.82 Å². The molecule has 0 fully saturated rings. The van der Waals surface area contributed by atoms with Gasteiger partial charge in [-0.05, 0) is 37.6 Å². The number of Topliss-reactive ketones (excluding diaryl/α,β-unsaturated/α-hetero) is 1. The van der Waals surface area contributed by atoms with Crippen LogP contribution in [-0.4, -0.2) is 16.7 Å². The summed E-state index contributed by atoms with van der Waals surface area (Å²) in [7, 11) is 0. The lowest BCUT2D eigenvalue weighted by molar-refractivity contribution is 0.101. The molecule has 1 amide bonds. The maximum Gasteiger partial charge on any atom is 0.266 e. The van der Waals surface area contributed by atoms with E-state index in [1.807, 2.05) is 13.0 Å². The van der Waals surface area contributed by atoms with Crippen molar-refractivity contribution in [3.8, 4) is 0 Å². The zero-order valence-corrected chi connectivity index (χ0v) is 10.9. The number of pyridine rings is 1. The molecule has 0 aliphatic rings. The standard InChI is InChI=1S/C13H12N2O2S/c1-8-3-6-12(14-7-8)15-13(17)11-5-4-10(18-11)9(2)16/h3-7H,1-2H3,(H,14,15,17). The van der Waals surface area contributed by atoms with Crippen LogP contribution in [0.3, 0.4) is 0 Å². The summed E-state index contributed by atoms with van der Waals surface area (Å²) in [5, 5.41) is 2.69. The molecule has 0 aromatic carbocycles. The number of nitrogens with one attached hydrogen (secondary N) is 1. The van der Waals surface area contributed by atoms with Gasteiger partial charge in [-0.15, -0.1) is 11.3 Å². The van der Waals surface area contributed by atoms with Crippen LogP contribution in [-0.2, 0) is 0 Å². The third-order valence-corrected chi connectivity index (χ3v) is 3.51. The quantitative estimate of drug-likeness (QED) is 0.863. The van der Waals surface area contributed by atoms with Gasteiger partial charge in [-0.25, -0.2) is 4.98 Å². The van der Waals surface area contributed by atoms with E-state index in [2.05, 4.69) is 10.3 Å². The first-order valence-electron chi connectivity index (χ1n) is 5.41. The fraction of sp³-hybridized carbons (Fsp3) is 0.154. The Labute approximate surface area is 109 Å². The molecule has 0 unspecified atom stereocenters. The number of thiophene rings is 1. The molecule has 92 valence electrons. The zero-order valence-electron chi connectivity index (χ0n) is 10.1. The van der Waals surface area contributed by atoms with Crippen molar-refractivity contribution in [3.63, 3.8) is 0 Å². The molecule has 1 N–H and O–H groups in total. The van der Waals surface area contributed by atoms with E-state index < -0.39 is 0 Å². The second kappa shape index (κ2) is 5.10. The van der Waals surface area contributed by atoms with E-state index in [-0.39, 0.29) is 11.7 Å². The van der Waals surface area contributed by atoms with Crippen LogP contribution in [0, 0.1) is 6.92 Å². The van der Waals surface area contributed by atoms with Crippen molar-refractivity contribution < 1.29 is 9.59 Å². The van der Waals surface area contributed by atoms with Gasteiger partial charge >= 0.3 is 0 Å². The Morgan fingerprint density at radius 2 is 1.89 bits per heavy atom. The molecule has 0 radical (unpaired) electrons. The van der Waals surface area contributed by atoms with Crippen molar-refractivity contribution in [3.05, 3.63) is 45.8 Å². The van der Waals surface area contributed by atoms with Gasteiger partial charge in [0.15, 0.2) is 5.78 Å². The number of nitrogens with zero attached hydrogens (tertiary/aromatic N) is 1. The van der Waals surface area contributed by atoms with Crippen molar-refractivity contribution in [1.82, 2.24) is 4.98 Å². The van der Waals surface area contributed by atoms with Gasteiger partial charge < -0.3 is 5.32 Å². The maximum atomic E-state index is 11.9. The van der Waals surface area contributed by atoms with Crippen molar-refractivity contribution >= 4 is 28.8 Å². The van der Waals surface area contributed by atoms with Gasteiger partial charge in [0.05, 0.1) is 9.75 Å². The van der Waals surface area contributed by atoms with E-state index in [1.165, 1.54) is 18.3 Å². The fourth-order valence-electron chi connectivity index (χ4n) is 1.37. The van der Waals surface area contributed by atoms with E-state index >= 15 is 0 Å². The minimum absolute atomic E-state index is 0.0347. The number of ketones is 1. The Hall–Kier alpha value is -2.01. The Morgan fingerprint density at radius 1 is 1.17 bits per heavy atom. The second-order valence-electron chi connectivity index (χ2n) is 3.89. The molecular formula is C13H12N2O2S. The number of anilines is 1. The normalized spacial score (nSPS) is 10.1. The highest BCUT2D eigenvalue weighted by Gasteiger charge is 2.11. The molecule has 4 nitrogen and oxygen atoms in total. The molecule has 0 spiro atoms. The number of aryl methyl sites for hydroxylation is 1. The van der Waals surface area contributed by atoms with E-state index in [1.54, 1.807) is 24.4 Å². The Balaban J connectivity index is 2.11. The lowest BCUT2D eigenvalue weighted by Gasteiger charge is -2.02.